The summed E-state index contributed by atoms with van der Waals surface area (Å²) in [5.41, 5.74) is -0.611. The lowest BCUT2D eigenvalue weighted by Crippen LogP contribution is -2.54. The standard InChI is InChI=1S/C25H35FN4O4S/c1-4-20(25(2,3)24(34)29-9-7-16(8-10-29)13-21(31)32)28-23(33)18-6-5-17(14-19(18)26)22(27)30-11-12-35-15-30/h5-6,14,16,20,27H,4,7-13,15H2,1-3H3,(H,28,33)(H,31,32)/t20-/m1/s1. The second kappa shape index (κ2) is 11.4. The van der Waals surface area contributed by atoms with Crippen molar-refractivity contribution in [2.75, 3.05) is 31.3 Å². The van der Waals surface area contributed by atoms with E-state index < -0.39 is 29.2 Å². The Kier molecular flexibility index (Phi) is 8.79. The molecule has 2 fully saturated rings. The fourth-order valence-electron chi connectivity index (χ4n) is 4.79. The summed E-state index contributed by atoms with van der Waals surface area (Å²) in [6, 6.07) is 3.69. The van der Waals surface area contributed by atoms with Gasteiger partial charge in [-0.2, -0.15) is 0 Å². The molecule has 2 aliphatic heterocycles. The molecular weight excluding hydrogens is 471 g/mol. The van der Waals surface area contributed by atoms with Crippen LogP contribution in [0.15, 0.2) is 18.2 Å². The van der Waals surface area contributed by atoms with Crippen LogP contribution in [0.1, 0.15) is 62.4 Å². The minimum Gasteiger partial charge on any atom is -0.481 e. The first kappa shape index (κ1) is 27.0. The summed E-state index contributed by atoms with van der Waals surface area (Å²) in [5.74, 6) is -0.285. The average Bonchev–Trinajstić information content (AvgIpc) is 3.36. The van der Waals surface area contributed by atoms with E-state index in [-0.39, 0.29) is 29.6 Å². The number of thioether (sulfide) groups is 1. The Bertz CT molecular complexity index is 972. The lowest BCUT2D eigenvalue weighted by molar-refractivity contribution is -0.143. The molecular formula is C25H35FN4O4S. The van der Waals surface area contributed by atoms with Crippen LogP contribution in [0.25, 0.3) is 0 Å². The Labute approximate surface area is 210 Å². The maximum absolute atomic E-state index is 14.9. The molecule has 2 heterocycles. The number of benzene rings is 1. The number of amidine groups is 1. The summed E-state index contributed by atoms with van der Waals surface area (Å²) in [5, 5.41) is 20.1. The van der Waals surface area contributed by atoms with Crippen molar-refractivity contribution in [3.8, 4) is 0 Å². The van der Waals surface area contributed by atoms with Gasteiger partial charge in [0.15, 0.2) is 0 Å². The van der Waals surface area contributed by atoms with Crippen molar-refractivity contribution in [1.29, 1.82) is 5.41 Å². The molecule has 0 saturated carbocycles. The van der Waals surface area contributed by atoms with Gasteiger partial charge >= 0.3 is 5.97 Å². The average molecular weight is 507 g/mol. The van der Waals surface area contributed by atoms with E-state index >= 15 is 0 Å². The number of aliphatic carboxylic acids is 1. The van der Waals surface area contributed by atoms with E-state index in [1.165, 1.54) is 12.1 Å². The zero-order valence-corrected chi connectivity index (χ0v) is 21.4. The quantitative estimate of drug-likeness (QED) is 0.368. The predicted molar refractivity (Wildman–Crippen MR) is 134 cm³/mol. The van der Waals surface area contributed by atoms with Crippen molar-refractivity contribution in [2.24, 2.45) is 11.3 Å². The zero-order valence-electron chi connectivity index (χ0n) is 20.6. The van der Waals surface area contributed by atoms with E-state index in [0.717, 1.165) is 12.3 Å². The molecule has 192 valence electrons. The fourth-order valence-corrected chi connectivity index (χ4v) is 5.75. The highest BCUT2D eigenvalue weighted by Crippen LogP contribution is 2.30. The number of piperidine rings is 1. The molecule has 1 aromatic rings. The topological polar surface area (TPSA) is 114 Å². The fraction of sp³-hybridized carbons (Fsp3) is 0.600. The monoisotopic (exact) mass is 506 g/mol. The number of carboxylic acids is 1. The van der Waals surface area contributed by atoms with Crippen LogP contribution in [0.3, 0.4) is 0 Å². The van der Waals surface area contributed by atoms with Crippen LogP contribution in [0, 0.1) is 22.6 Å². The van der Waals surface area contributed by atoms with Gasteiger partial charge in [-0.15, -0.1) is 11.8 Å². The van der Waals surface area contributed by atoms with Crippen LogP contribution in [0.2, 0.25) is 0 Å². The van der Waals surface area contributed by atoms with Crippen LogP contribution in [-0.4, -0.2) is 75.8 Å². The van der Waals surface area contributed by atoms with Gasteiger partial charge in [-0.1, -0.05) is 13.0 Å². The minimum atomic E-state index is -0.921. The largest absolute Gasteiger partial charge is 0.481 e. The van der Waals surface area contributed by atoms with E-state index in [0.29, 0.717) is 43.8 Å². The molecule has 2 aliphatic rings. The third-order valence-corrected chi connectivity index (χ3v) is 8.02. The second-order valence-corrected chi connectivity index (χ2v) is 10.9. The normalized spacial score (nSPS) is 17.8. The van der Waals surface area contributed by atoms with E-state index in [2.05, 4.69) is 5.32 Å². The maximum Gasteiger partial charge on any atom is 0.303 e. The number of rotatable bonds is 8. The first-order valence-corrected chi connectivity index (χ1v) is 13.2. The maximum atomic E-state index is 14.9. The first-order chi connectivity index (χ1) is 16.5. The molecule has 0 bridgehead atoms. The highest BCUT2D eigenvalue weighted by Gasteiger charge is 2.41. The van der Waals surface area contributed by atoms with Gasteiger partial charge in [0.25, 0.3) is 5.91 Å². The number of carboxylic acid groups (broad SMARTS) is 1. The van der Waals surface area contributed by atoms with Crippen molar-refractivity contribution >= 4 is 35.4 Å². The van der Waals surface area contributed by atoms with Crippen molar-refractivity contribution in [2.45, 2.75) is 52.5 Å². The molecule has 1 atom stereocenters. The van der Waals surface area contributed by atoms with Gasteiger partial charge in [-0.3, -0.25) is 19.8 Å². The smallest absolute Gasteiger partial charge is 0.303 e. The summed E-state index contributed by atoms with van der Waals surface area (Å²) in [4.78, 5) is 40.9. The Morgan fingerprint density at radius 1 is 1.23 bits per heavy atom. The molecule has 0 spiro atoms. The molecule has 35 heavy (non-hydrogen) atoms. The first-order valence-electron chi connectivity index (χ1n) is 12.1. The van der Waals surface area contributed by atoms with Crippen LogP contribution in [-0.2, 0) is 9.59 Å². The predicted octanol–water partition coefficient (Wildman–Crippen LogP) is 3.41. The minimum absolute atomic E-state index is 0.0676. The molecule has 8 nitrogen and oxygen atoms in total. The number of carbonyl (C=O) groups is 3. The molecule has 0 aliphatic carbocycles. The molecule has 0 radical (unpaired) electrons. The van der Waals surface area contributed by atoms with Crippen molar-refractivity contribution in [3.05, 3.63) is 35.1 Å². The van der Waals surface area contributed by atoms with Gasteiger partial charge in [0.2, 0.25) is 5.91 Å². The number of hydrogen-bond donors (Lipinski definition) is 3. The van der Waals surface area contributed by atoms with Crippen LogP contribution < -0.4 is 5.32 Å². The van der Waals surface area contributed by atoms with E-state index in [1.54, 1.807) is 36.6 Å². The number of nitrogens with zero attached hydrogens (tertiary/aromatic N) is 2. The van der Waals surface area contributed by atoms with E-state index in [9.17, 15) is 18.8 Å². The zero-order chi connectivity index (χ0) is 25.8. The molecule has 10 heteroatoms. The highest BCUT2D eigenvalue weighted by molar-refractivity contribution is 7.99. The van der Waals surface area contributed by atoms with Gasteiger partial charge in [0.05, 0.1) is 16.9 Å². The van der Waals surface area contributed by atoms with Gasteiger partial charge in [-0.05, 0) is 51.2 Å². The number of amides is 2. The number of halogens is 1. The van der Waals surface area contributed by atoms with E-state index in [4.69, 9.17) is 10.5 Å². The molecule has 3 rings (SSSR count). The van der Waals surface area contributed by atoms with Crippen molar-refractivity contribution in [1.82, 2.24) is 15.1 Å². The third kappa shape index (κ3) is 6.34. The number of nitrogens with one attached hydrogen (secondary N) is 2. The van der Waals surface area contributed by atoms with Crippen molar-refractivity contribution < 1.29 is 23.9 Å². The number of hydrogen-bond acceptors (Lipinski definition) is 5. The number of carbonyl (C=O) groups excluding carboxylic acids is 2. The Morgan fingerprint density at radius 2 is 1.91 bits per heavy atom. The summed E-state index contributed by atoms with van der Waals surface area (Å²) in [7, 11) is 0. The molecule has 3 N–H and O–H groups in total. The Morgan fingerprint density at radius 3 is 2.46 bits per heavy atom. The third-order valence-electron chi connectivity index (χ3n) is 7.06. The van der Waals surface area contributed by atoms with Crippen molar-refractivity contribution in [3.63, 3.8) is 0 Å². The van der Waals surface area contributed by atoms with Gasteiger partial charge in [0, 0.05) is 43.4 Å². The van der Waals surface area contributed by atoms with Crippen LogP contribution in [0.4, 0.5) is 4.39 Å². The molecule has 1 aromatic carbocycles. The summed E-state index contributed by atoms with van der Waals surface area (Å²) < 4.78 is 14.9. The summed E-state index contributed by atoms with van der Waals surface area (Å²) in [6.07, 6.45) is 1.87. The molecule has 0 unspecified atom stereocenters. The summed E-state index contributed by atoms with van der Waals surface area (Å²) >= 11 is 1.72. The van der Waals surface area contributed by atoms with Gasteiger partial charge in [0.1, 0.15) is 11.7 Å². The van der Waals surface area contributed by atoms with E-state index in [1.807, 2.05) is 11.8 Å². The van der Waals surface area contributed by atoms with Gasteiger partial charge < -0.3 is 20.2 Å². The number of likely N-dealkylation sites (tertiary alicyclic amines) is 1. The second-order valence-electron chi connectivity index (χ2n) is 9.83. The Balaban J connectivity index is 1.65. The lowest BCUT2D eigenvalue weighted by Gasteiger charge is -2.40. The SMILES string of the molecule is CC[C@@H](NC(=O)c1ccc(C(=N)N2CCSC2)cc1F)C(C)(C)C(=O)N1CCC(CC(=O)O)CC1. The Hall–Kier alpha value is -2.62. The molecule has 0 aromatic heterocycles. The van der Waals surface area contributed by atoms with Crippen LogP contribution >= 0.6 is 11.8 Å². The molecule has 2 amide bonds. The highest BCUT2D eigenvalue weighted by atomic mass is 32.2. The lowest BCUT2D eigenvalue weighted by atomic mass is 9.80. The van der Waals surface area contributed by atoms with Gasteiger partial charge in [-0.25, -0.2) is 4.39 Å². The summed E-state index contributed by atoms with van der Waals surface area (Å²) in [6.45, 7) is 7.15. The van der Waals surface area contributed by atoms with Crippen LogP contribution in [0.5, 0.6) is 0 Å². The molecule has 2 saturated heterocycles.